The second-order valence-corrected chi connectivity index (χ2v) is 6.85. The summed E-state index contributed by atoms with van der Waals surface area (Å²) >= 11 is 0. The summed E-state index contributed by atoms with van der Waals surface area (Å²) in [6, 6.07) is 22.2. The molecule has 0 saturated carbocycles. The number of benzene rings is 2. The highest BCUT2D eigenvalue weighted by molar-refractivity contribution is 5.58. The van der Waals surface area contributed by atoms with Gasteiger partial charge in [0.1, 0.15) is 11.4 Å². The Balaban J connectivity index is 0.00000312. The summed E-state index contributed by atoms with van der Waals surface area (Å²) in [5.74, 6) is 0. The number of hydrogen-bond donors (Lipinski definition) is 0. The largest absolute Gasteiger partial charge is 1.00 e. The number of para-hydroxylation sites is 2. The van der Waals surface area contributed by atoms with E-state index in [0.29, 0.717) is 0 Å². The zero-order valence-corrected chi connectivity index (χ0v) is 16.7. The third-order valence-corrected chi connectivity index (χ3v) is 5.00. The summed E-state index contributed by atoms with van der Waals surface area (Å²) in [5, 5.41) is 0. The quantitative estimate of drug-likeness (QED) is 0.418. The predicted molar refractivity (Wildman–Crippen MR) is 108 cm³/mol. The molecule has 0 bridgehead atoms. The van der Waals surface area contributed by atoms with Crippen molar-refractivity contribution >= 4 is 11.4 Å². The molecule has 0 unspecified atom stereocenters. The van der Waals surface area contributed by atoms with Gasteiger partial charge in [-0.3, -0.25) is 4.48 Å². The Bertz CT molecular complexity index is 513. The molecular formula is C23H34ClN. The van der Waals surface area contributed by atoms with Gasteiger partial charge in [0.15, 0.2) is 0 Å². The Morgan fingerprint density at radius 3 is 1.52 bits per heavy atom. The van der Waals surface area contributed by atoms with Crippen molar-refractivity contribution in [2.75, 3.05) is 13.1 Å². The smallest absolute Gasteiger partial charge is 0.137 e. The maximum absolute atomic E-state index is 2.31. The van der Waals surface area contributed by atoms with Crippen molar-refractivity contribution in [2.24, 2.45) is 0 Å². The van der Waals surface area contributed by atoms with Crippen LogP contribution in [0.25, 0.3) is 0 Å². The normalized spacial score (nSPS) is 11.1. The van der Waals surface area contributed by atoms with Crippen LogP contribution in [0.3, 0.4) is 0 Å². The van der Waals surface area contributed by atoms with Crippen molar-refractivity contribution in [2.45, 2.75) is 58.8 Å². The fourth-order valence-electron chi connectivity index (χ4n) is 3.75. The van der Waals surface area contributed by atoms with E-state index < -0.39 is 0 Å². The average Bonchev–Trinajstić information content (AvgIpc) is 2.65. The lowest BCUT2D eigenvalue weighted by atomic mass is 10.1. The molecule has 0 fully saturated rings. The number of nitrogens with zero attached hydrogens (tertiary/aromatic N) is 1. The van der Waals surface area contributed by atoms with Gasteiger partial charge in [-0.25, -0.2) is 0 Å². The van der Waals surface area contributed by atoms with Crippen LogP contribution in [0.1, 0.15) is 58.8 Å². The van der Waals surface area contributed by atoms with E-state index in [0.717, 1.165) is 4.48 Å². The summed E-state index contributed by atoms with van der Waals surface area (Å²) in [5.41, 5.74) is 2.86. The summed E-state index contributed by atoms with van der Waals surface area (Å²) in [7, 11) is 0. The van der Waals surface area contributed by atoms with E-state index in [2.05, 4.69) is 74.5 Å². The van der Waals surface area contributed by atoms with Crippen LogP contribution >= 0.6 is 0 Å². The third-order valence-electron chi connectivity index (χ3n) is 5.00. The molecule has 1 nitrogen and oxygen atoms in total. The van der Waals surface area contributed by atoms with Gasteiger partial charge in [0.2, 0.25) is 0 Å². The topological polar surface area (TPSA) is 0 Å². The summed E-state index contributed by atoms with van der Waals surface area (Å²) in [6.45, 7) is 6.96. The molecule has 0 aliphatic heterocycles. The Labute approximate surface area is 161 Å². The van der Waals surface area contributed by atoms with Crippen LogP contribution in [0.2, 0.25) is 0 Å². The van der Waals surface area contributed by atoms with Crippen molar-refractivity contribution in [1.82, 2.24) is 4.48 Å². The monoisotopic (exact) mass is 359 g/mol. The molecule has 2 aromatic rings. The van der Waals surface area contributed by atoms with E-state index >= 15 is 0 Å². The zero-order valence-electron chi connectivity index (χ0n) is 16.0. The molecule has 2 aromatic carbocycles. The Morgan fingerprint density at radius 2 is 1.04 bits per heavy atom. The molecule has 0 spiro atoms. The summed E-state index contributed by atoms with van der Waals surface area (Å²) < 4.78 is 0.992. The molecule has 0 amide bonds. The molecule has 0 N–H and O–H groups in total. The average molecular weight is 360 g/mol. The molecule has 0 atom stereocenters. The molecule has 138 valence electrons. The van der Waals surface area contributed by atoms with Crippen molar-refractivity contribution in [3.63, 3.8) is 0 Å². The van der Waals surface area contributed by atoms with E-state index in [9.17, 15) is 0 Å². The lowest BCUT2D eigenvalue weighted by Crippen LogP contribution is -3.00. The van der Waals surface area contributed by atoms with E-state index in [4.69, 9.17) is 0 Å². The standard InChI is InChI=1S/C23H34N.ClH/c1-3-5-6-7-8-15-21-24(20-4-2,22-16-11-9-12-17-22)23-18-13-10-14-19-23;/h9-14,16-19H,3-8,15,20-21H2,1-2H3;1H/q+1;/p-1. The minimum absolute atomic E-state index is 0. The molecule has 25 heavy (non-hydrogen) atoms. The molecular weight excluding hydrogens is 326 g/mol. The first-order valence-electron chi connectivity index (χ1n) is 9.82. The second-order valence-electron chi connectivity index (χ2n) is 6.85. The Morgan fingerprint density at radius 1 is 0.560 bits per heavy atom. The summed E-state index contributed by atoms with van der Waals surface area (Å²) in [6.07, 6.45) is 9.32. The maximum Gasteiger partial charge on any atom is 0.137 e. The first-order chi connectivity index (χ1) is 11.8. The van der Waals surface area contributed by atoms with Crippen LogP contribution in [0.15, 0.2) is 60.7 Å². The minimum Gasteiger partial charge on any atom is -1.00 e. The highest BCUT2D eigenvalue weighted by Gasteiger charge is 2.31. The van der Waals surface area contributed by atoms with Gasteiger partial charge in [0.05, 0.1) is 13.1 Å². The molecule has 0 aliphatic carbocycles. The highest BCUT2D eigenvalue weighted by Crippen LogP contribution is 2.35. The van der Waals surface area contributed by atoms with E-state index in [1.807, 2.05) is 0 Å². The Hall–Kier alpha value is -1.31. The van der Waals surface area contributed by atoms with Crippen LogP contribution in [0.5, 0.6) is 0 Å². The van der Waals surface area contributed by atoms with Gasteiger partial charge < -0.3 is 12.4 Å². The van der Waals surface area contributed by atoms with E-state index in [-0.39, 0.29) is 12.4 Å². The third kappa shape index (κ3) is 6.17. The molecule has 2 heteroatoms. The van der Waals surface area contributed by atoms with Gasteiger partial charge in [0, 0.05) is 0 Å². The van der Waals surface area contributed by atoms with Crippen LogP contribution in [0, 0.1) is 0 Å². The van der Waals surface area contributed by atoms with Gasteiger partial charge >= 0.3 is 0 Å². The molecule has 0 aliphatic rings. The maximum atomic E-state index is 2.31. The highest BCUT2D eigenvalue weighted by atomic mass is 35.5. The zero-order chi connectivity index (χ0) is 17.1. The SMILES string of the molecule is CCCCCCCC[N+](CCC)(c1ccccc1)c1ccccc1.[Cl-]. The van der Waals surface area contributed by atoms with Crippen LogP contribution in [-0.4, -0.2) is 13.1 Å². The van der Waals surface area contributed by atoms with Gasteiger partial charge in [-0.1, -0.05) is 75.9 Å². The second kappa shape index (κ2) is 12.1. The van der Waals surface area contributed by atoms with Crippen molar-refractivity contribution in [3.8, 4) is 0 Å². The fraction of sp³-hybridized carbons (Fsp3) is 0.478. The van der Waals surface area contributed by atoms with Gasteiger partial charge in [-0.15, -0.1) is 0 Å². The minimum atomic E-state index is 0. The Kier molecular flexibility index (Phi) is 10.5. The molecule has 0 saturated heterocycles. The van der Waals surface area contributed by atoms with Crippen LogP contribution in [0.4, 0.5) is 11.4 Å². The molecule has 0 heterocycles. The number of hydrogen-bond acceptors (Lipinski definition) is 0. The number of unbranched alkanes of at least 4 members (excludes halogenated alkanes) is 5. The van der Waals surface area contributed by atoms with E-state index in [1.165, 1.54) is 69.4 Å². The first kappa shape index (κ1) is 21.7. The van der Waals surface area contributed by atoms with Crippen molar-refractivity contribution in [1.29, 1.82) is 0 Å². The molecule has 0 radical (unpaired) electrons. The van der Waals surface area contributed by atoms with Crippen molar-refractivity contribution < 1.29 is 12.4 Å². The van der Waals surface area contributed by atoms with Gasteiger partial charge in [-0.05, 0) is 43.5 Å². The van der Waals surface area contributed by atoms with E-state index in [1.54, 1.807) is 0 Å². The summed E-state index contributed by atoms with van der Waals surface area (Å²) in [4.78, 5) is 0. The fourth-order valence-corrected chi connectivity index (χ4v) is 3.75. The van der Waals surface area contributed by atoms with Crippen LogP contribution < -0.4 is 16.9 Å². The predicted octanol–water partition coefficient (Wildman–Crippen LogP) is 4.10. The van der Waals surface area contributed by atoms with Gasteiger partial charge in [0.25, 0.3) is 0 Å². The number of rotatable bonds is 11. The van der Waals surface area contributed by atoms with Crippen molar-refractivity contribution in [3.05, 3.63) is 60.7 Å². The lowest BCUT2D eigenvalue weighted by Gasteiger charge is -2.38. The lowest BCUT2D eigenvalue weighted by molar-refractivity contribution is -0.00000504. The molecule has 2 rings (SSSR count). The van der Waals surface area contributed by atoms with Crippen LogP contribution in [-0.2, 0) is 0 Å². The number of quaternary nitrogens is 1. The number of halogens is 1. The first-order valence-corrected chi connectivity index (χ1v) is 9.82. The molecule has 0 aromatic heterocycles. The van der Waals surface area contributed by atoms with Gasteiger partial charge in [-0.2, -0.15) is 0 Å².